The van der Waals surface area contributed by atoms with Gasteiger partial charge in [0.1, 0.15) is 5.54 Å². The van der Waals surface area contributed by atoms with E-state index >= 15 is 0 Å². The Labute approximate surface area is 99.9 Å². The molecule has 0 spiro atoms. The molecule has 0 aromatic heterocycles. The van der Waals surface area contributed by atoms with Gasteiger partial charge in [-0.15, -0.1) is 0 Å². The minimum atomic E-state index is -0.538. The molecule has 0 aromatic carbocycles. The van der Waals surface area contributed by atoms with Crippen molar-refractivity contribution in [1.82, 2.24) is 5.32 Å². The molecule has 3 nitrogen and oxygen atoms in total. The first-order valence-electron chi connectivity index (χ1n) is 6.15. The van der Waals surface area contributed by atoms with Crippen LogP contribution in [0.2, 0.25) is 0 Å². The molecule has 0 amide bonds. The van der Waals surface area contributed by atoms with Crippen molar-refractivity contribution in [2.45, 2.75) is 53.0 Å². The second kappa shape index (κ2) is 6.89. The topological polar surface area (TPSA) is 38.3 Å². The van der Waals surface area contributed by atoms with Crippen LogP contribution in [0.3, 0.4) is 0 Å². The van der Waals surface area contributed by atoms with Crippen LogP contribution in [0.5, 0.6) is 0 Å². The fourth-order valence-electron chi connectivity index (χ4n) is 1.49. The number of carbonyl (C=O) groups is 1. The molecule has 0 bridgehead atoms. The maximum absolute atomic E-state index is 11.8. The lowest BCUT2D eigenvalue weighted by Gasteiger charge is -2.29. The lowest BCUT2D eigenvalue weighted by Crippen LogP contribution is -2.51. The van der Waals surface area contributed by atoms with Crippen LogP contribution in [0.15, 0.2) is 0 Å². The summed E-state index contributed by atoms with van der Waals surface area (Å²) in [6.07, 6.45) is 1.85. The fraction of sp³-hybridized carbons (Fsp3) is 0.923. The molecule has 0 fully saturated rings. The molecule has 0 saturated heterocycles. The number of carbonyl (C=O) groups excluding carboxylic acids is 1. The summed E-state index contributed by atoms with van der Waals surface area (Å²) in [5.41, 5.74) is -0.538. The summed E-state index contributed by atoms with van der Waals surface area (Å²) in [6.45, 7) is 11.4. The molecule has 0 saturated carbocycles. The van der Waals surface area contributed by atoms with E-state index in [0.717, 1.165) is 19.4 Å². The molecule has 0 aromatic rings. The number of methoxy groups -OCH3 is 1. The molecule has 16 heavy (non-hydrogen) atoms. The third-order valence-electron chi connectivity index (χ3n) is 2.76. The standard InChI is InChI=1S/C13H27NO2/c1-10(2)7-8-13(5,12(15)16-6)14-9-11(3)4/h10-11,14H,7-9H2,1-6H3. The van der Waals surface area contributed by atoms with Gasteiger partial charge in [-0.2, -0.15) is 0 Å². The summed E-state index contributed by atoms with van der Waals surface area (Å²) in [6, 6.07) is 0. The minimum absolute atomic E-state index is 0.159. The summed E-state index contributed by atoms with van der Waals surface area (Å²) in [4.78, 5) is 11.8. The summed E-state index contributed by atoms with van der Waals surface area (Å²) in [5.74, 6) is 0.974. The minimum Gasteiger partial charge on any atom is -0.468 e. The van der Waals surface area contributed by atoms with Gasteiger partial charge in [0.05, 0.1) is 7.11 Å². The Morgan fingerprint density at radius 2 is 1.81 bits per heavy atom. The summed E-state index contributed by atoms with van der Waals surface area (Å²) in [5, 5.41) is 3.33. The van der Waals surface area contributed by atoms with Crippen molar-refractivity contribution in [2.24, 2.45) is 11.8 Å². The lowest BCUT2D eigenvalue weighted by molar-refractivity contribution is -0.148. The molecule has 1 atom stereocenters. The predicted molar refractivity (Wildman–Crippen MR) is 67.3 cm³/mol. The van der Waals surface area contributed by atoms with Crippen molar-refractivity contribution in [3.63, 3.8) is 0 Å². The highest BCUT2D eigenvalue weighted by molar-refractivity contribution is 5.80. The molecule has 0 aliphatic carbocycles. The Morgan fingerprint density at radius 3 is 2.19 bits per heavy atom. The molecule has 0 rings (SSSR count). The Bertz CT molecular complexity index is 200. The van der Waals surface area contributed by atoms with Crippen LogP contribution in [0, 0.1) is 11.8 Å². The van der Waals surface area contributed by atoms with Crippen molar-refractivity contribution >= 4 is 5.97 Å². The number of ether oxygens (including phenoxy) is 1. The van der Waals surface area contributed by atoms with E-state index in [0.29, 0.717) is 11.8 Å². The van der Waals surface area contributed by atoms with E-state index in [-0.39, 0.29) is 5.97 Å². The van der Waals surface area contributed by atoms with Gasteiger partial charge in [-0.1, -0.05) is 27.7 Å². The van der Waals surface area contributed by atoms with Crippen molar-refractivity contribution in [1.29, 1.82) is 0 Å². The molecular formula is C13H27NO2. The smallest absolute Gasteiger partial charge is 0.325 e. The van der Waals surface area contributed by atoms with Gasteiger partial charge < -0.3 is 10.1 Å². The number of rotatable bonds is 7. The summed E-state index contributed by atoms with van der Waals surface area (Å²) >= 11 is 0. The SMILES string of the molecule is COC(=O)C(C)(CCC(C)C)NCC(C)C. The fourth-order valence-corrected chi connectivity index (χ4v) is 1.49. The van der Waals surface area contributed by atoms with Crippen molar-refractivity contribution in [3.8, 4) is 0 Å². The van der Waals surface area contributed by atoms with Crippen LogP contribution in [0.25, 0.3) is 0 Å². The highest BCUT2D eigenvalue weighted by Crippen LogP contribution is 2.18. The molecule has 1 unspecified atom stereocenters. The zero-order chi connectivity index (χ0) is 12.8. The van der Waals surface area contributed by atoms with E-state index < -0.39 is 5.54 Å². The molecule has 0 radical (unpaired) electrons. The van der Waals surface area contributed by atoms with E-state index in [4.69, 9.17) is 4.74 Å². The maximum Gasteiger partial charge on any atom is 0.325 e. The second-order valence-electron chi connectivity index (χ2n) is 5.53. The maximum atomic E-state index is 11.8. The van der Waals surface area contributed by atoms with E-state index in [1.165, 1.54) is 7.11 Å². The molecular weight excluding hydrogens is 202 g/mol. The summed E-state index contributed by atoms with van der Waals surface area (Å²) in [7, 11) is 1.45. The first-order valence-corrected chi connectivity index (χ1v) is 6.15. The third kappa shape index (κ3) is 5.50. The Kier molecular flexibility index (Phi) is 6.65. The van der Waals surface area contributed by atoms with E-state index in [2.05, 4.69) is 33.0 Å². The largest absolute Gasteiger partial charge is 0.468 e. The first-order chi connectivity index (χ1) is 7.31. The Morgan fingerprint density at radius 1 is 1.25 bits per heavy atom. The van der Waals surface area contributed by atoms with Crippen molar-refractivity contribution in [3.05, 3.63) is 0 Å². The average Bonchev–Trinajstić information content (AvgIpc) is 2.22. The molecule has 1 N–H and O–H groups in total. The Hall–Kier alpha value is -0.570. The van der Waals surface area contributed by atoms with E-state index in [1.807, 2.05) is 6.92 Å². The lowest BCUT2D eigenvalue weighted by atomic mass is 9.91. The van der Waals surface area contributed by atoms with E-state index in [9.17, 15) is 4.79 Å². The molecule has 0 heterocycles. The zero-order valence-electron chi connectivity index (χ0n) is 11.6. The van der Waals surface area contributed by atoms with Gasteiger partial charge in [-0.3, -0.25) is 4.79 Å². The van der Waals surface area contributed by atoms with Gasteiger partial charge in [0.25, 0.3) is 0 Å². The number of hydrogen-bond donors (Lipinski definition) is 1. The van der Waals surface area contributed by atoms with Crippen LogP contribution in [-0.4, -0.2) is 25.2 Å². The van der Waals surface area contributed by atoms with E-state index in [1.54, 1.807) is 0 Å². The van der Waals surface area contributed by atoms with Gasteiger partial charge in [0.2, 0.25) is 0 Å². The third-order valence-corrected chi connectivity index (χ3v) is 2.76. The predicted octanol–water partition coefficient (Wildman–Crippen LogP) is 2.60. The monoisotopic (exact) mass is 229 g/mol. The quantitative estimate of drug-likeness (QED) is 0.682. The van der Waals surface area contributed by atoms with Crippen molar-refractivity contribution in [2.75, 3.05) is 13.7 Å². The summed E-state index contributed by atoms with van der Waals surface area (Å²) < 4.78 is 4.88. The molecule has 96 valence electrons. The Balaban J connectivity index is 4.42. The first kappa shape index (κ1) is 15.4. The van der Waals surface area contributed by atoms with Crippen molar-refractivity contribution < 1.29 is 9.53 Å². The normalized spacial score (nSPS) is 15.2. The number of nitrogens with one attached hydrogen (secondary N) is 1. The number of hydrogen-bond acceptors (Lipinski definition) is 3. The molecule has 3 heteroatoms. The van der Waals surface area contributed by atoms with Crippen LogP contribution >= 0.6 is 0 Å². The van der Waals surface area contributed by atoms with Gasteiger partial charge in [-0.25, -0.2) is 0 Å². The van der Waals surface area contributed by atoms with Crippen LogP contribution in [0.1, 0.15) is 47.5 Å². The highest BCUT2D eigenvalue weighted by Gasteiger charge is 2.33. The van der Waals surface area contributed by atoms with Crippen LogP contribution in [0.4, 0.5) is 0 Å². The number of esters is 1. The van der Waals surface area contributed by atoms with Gasteiger partial charge in [-0.05, 0) is 38.1 Å². The van der Waals surface area contributed by atoms with Gasteiger partial charge >= 0.3 is 5.97 Å². The molecule has 0 aliphatic heterocycles. The average molecular weight is 229 g/mol. The van der Waals surface area contributed by atoms with Crippen LogP contribution in [-0.2, 0) is 9.53 Å². The van der Waals surface area contributed by atoms with Gasteiger partial charge in [0.15, 0.2) is 0 Å². The highest BCUT2D eigenvalue weighted by atomic mass is 16.5. The van der Waals surface area contributed by atoms with Gasteiger partial charge in [0, 0.05) is 0 Å². The second-order valence-corrected chi connectivity index (χ2v) is 5.53. The molecule has 0 aliphatic rings. The zero-order valence-corrected chi connectivity index (χ0v) is 11.6. The van der Waals surface area contributed by atoms with Crippen LogP contribution < -0.4 is 5.32 Å².